The molecule has 0 aliphatic heterocycles. The molecule has 0 radical (unpaired) electrons. The zero-order chi connectivity index (χ0) is 47.8. The molecule has 9 aromatic carbocycles. The lowest BCUT2D eigenvalue weighted by molar-refractivity contribution is 0.465. The molecule has 0 atom stereocenters. The first-order valence-electron chi connectivity index (χ1n) is 26.7. The molecule has 0 saturated heterocycles. The third kappa shape index (κ3) is 8.38. The van der Waals surface area contributed by atoms with Crippen molar-refractivity contribution in [2.24, 2.45) is 0 Å². The molecule has 72 heavy (non-hydrogen) atoms. The lowest BCUT2D eigenvalue weighted by atomic mass is 9.99. The van der Waals surface area contributed by atoms with Gasteiger partial charge in [0.15, 0.2) is 0 Å². The molecule has 3 nitrogen and oxygen atoms in total. The molecular weight excluding hydrogens is 887 g/mol. The fourth-order valence-electron chi connectivity index (χ4n) is 12.9. The molecule has 2 aliphatic carbocycles. The van der Waals surface area contributed by atoms with Crippen LogP contribution in [-0.4, -0.2) is 17.9 Å². The number of para-hydroxylation sites is 4. The molecule has 2 heterocycles. The van der Waals surface area contributed by atoms with Crippen LogP contribution < -0.4 is 10.1 Å². The van der Waals surface area contributed by atoms with E-state index in [9.17, 15) is 0 Å². The van der Waals surface area contributed by atoms with Gasteiger partial charge in [-0.05, 0) is 112 Å². The molecular formula is C68H61N3Si. The van der Waals surface area contributed by atoms with Gasteiger partial charge in [-0.3, -0.25) is 0 Å². The fourth-order valence-corrected chi connectivity index (χ4v) is 17.8. The van der Waals surface area contributed by atoms with Gasteiger partial charge in [0.25, 0.3) is 0 Å². The predicted octanol–water partition coefficient (Wildman–Crippen LogP) is 18.3. The van der Waals surface area contributed by atoms with Gasteiger partial charge in [0, 0.05) is 50.0 Å². The maximum atomic E-state index is 2.56. The summed E-state index contributed by atoms with van der Waals surface area (Å²) in [6.45, 7) is 0. The van der Waals surface area contributed by atoms with Crippen LogP contribution in [0.2, 0.25) is 11.1 Å². The van der Waals surface area contributed by atoms with E-state index in [0.717, 1.165) is 39.4 Å². The summed E-state index contributed by atoms with van der Waals surface area (Å²) in [5.74, 6) is 0. The topological polar surface area (TPSA) is 13.1 Å². The highest BCUT2D eigenvalue weighted by molar-refractivity contribution is 6.76. The molecule has 4 heteroatoms. The van der Waals surface area contributed by atoms with Crippen molar-refractivity contribution in [3.8, 4) is 22.5 Å². The van der Waals surface area contributed by atoms with Gasteiger partial charge in [-0.1, -0.05) is 221 Å². The maximum Gasteiger partial charge on any atom is 0.0769 e. The molecule has 2 aliphatic rings. The van der Waals surface area contributed by atoms with Gasteiger partial charge < -0.3 is 14.0 Å². The first-order valence-corrected chi connectivity index (χ1v) is 28.6. The Bertz CT molecular complexity index is 3630. The molecule has 0 bridgehead atoms. The van der Waals surface area contributed by atoms with Crippen LogP contribution in [0, 0.1) is 0 Å². The average Bonchev–Trinajstić information content (AvgIpc) is 3.95. The first kappa shape index (κ1) is 44.3. The van der Waals surface area contributed by atoms with Crippen molar-refractivity contribution in [2.45, 2.75) is 75.3 Å². The van der Waals surface area contributed by atoms with Crippen molar-refractivity contribution in [3.63, 3.8) is 0 Å². The molecule has 2 aromatic heterocycles. The predicted molar refractivity (Wildman–Crippen MR) is 311 cm³/mol. The van der Waals surface area contributed by atoms with Crippen molar-refractivity contribution < 1.29 is 0 Å². The number of fused-ring (bicyclic) bond motifs is 6. The van der Waals surface area contributed by atoms with Crippen LogP contribution in [0.15, 0.2) is 218 Å². The van der Waals surface area contributed by atoms with Crippen LogP contribution in [0.3, 0.4) is 0 Å². The van der Waals surface area contributed by atoms with Crippen LogP contribution in [0.1, 0.15) is 75.3 Å². The Kier molecular flexibility index (Phi) is 12.0. The zero-order valence-electron chi connectivity index (χ0n) is 41.1. The Labute approximate surface area is 425 Å². The van der Waals surface area contributed by atoms with E-state index >= 15 is 0 Å². The Morgan fingerprint density at radius 2 is 0.750 bits per heavy atom. The van der Waals surface area contributed by atoms with Crippen LogP contribution >= 0.6 is 0 Å². The summed E-state index contributed by atoms with van der Waals surface area (Å²) >= 11 is 0. The minimum atomic E-state index is -1.08. The second kappa shape index (κ2) is 19.5. The Morgan fingerprint density at radius 1 is 0.347 bits per heavy atom. The van der Waals surface area contributed by atoms with Crippen molar-refractivity contribution in [2.75, 3.05) is 4.90 Å². The summed E-state index contributed by atoms with van der Waals surface area (Å²) < 4.78 is 4.91. The van der Waals surface area contributed by atoms with Crippen LogP contribution in [0.5, 0.6) is 0 Å². The van der Waals surface area contributed by atoms with Crippen molar-refractivity contribution >= 4 is 86.8 Å². The summed E-state index contributed by atoms with van der Waals surface area (Å²) in [5.41, 5.74) is 17.4. The van der Waals surface area contributed by atoms with Crippen molar-refractivity contribution in [1.29, 1.82) is 0 Å². The molecule has 0 amide bonds. The van der Waals surface area contributed by atoms with E-state index in [-0.39, 0.29) is 0 Å². The lowest BCUT2D eigenvalue weighted by Crippen LogP contribution is -2.41. The average molecular weight is 948 g/mol. The van der Waals surface area contributed by atoms with E-state index in [0.29, 0.717) is 0 Å². The summed E-state index contributed by atoms with van der Waals surface area (Å²) in [5, 5.41) is 6.74. The fraction of sp³-hybridized carbons (Fsp3) is 0.176. The smallest absolute Gasteiger partial charge is 0.0769 e. The molecule has 0 N–H and O–H groups in total. The number of hydrogen-bond donors (Lipinski definition) is 0. The van der Waals surface area contributed by atoms with Gasteiger partial charge in [0.1, 0.15) is 0 Å². The Hall–Kier alpha value is -7.66. The highest BCUT2D eigenvalue weighted by atomic mass is 28.3. The maximum absolute atomic E-state index is 2.56. The van der Waals surface area contributed by atoms with Gasteiger partial charge in [0.05, 0.1) is 30.9 Å². The van der Waals surface area contributed by atoms with Crippen LogP contribution in [-0.2, 0) is 0 Å². The van der Waals surface area contributed by atoms with Gasteiger partial charge in [-0.25, -0.2) is 0 Å². The minimum Gasteiger partial charge on any atom is -0.310 e. The summed E-state index contributed by atoms with van der Waals surface area (Å²) in [6.07, 6.45) is 19.1. The molecule has 13 rings (SSSR count). The number of rotatable bonds is 11. The standard InChI is InChI=1S/C68H61N3Si/c1-7-19-53(20-8-1)69(54-21-9-2-10-22-54)57-38-44-64-62-42-34-50(46-66(62)71(68(64)48-57)56-25-13-4-14-26-56)32-31-49-33-41-61-63-43-37-52(47-67(63)70(65(61)45-49)55-23-11-3-12-24-55)51-35-39-60(40-36-51)72(58-27-15-5-16-28-58)59-29-17-6-18-30-59/h1-4,7-14,19-26,31-48,58-59,72H,5-6,15-18,27-30H2/b32-31+. The first-order chi connectivity index (χ1) is 35.7. The third-order valence-electron chi connectivity index (χ3n) is 16.3. The zero-order valence-corrected chi connectivity index (χ0v) is 42.2. The van der Waals surface area contributed by atoms with E-state index in [1.54, 1.807) is 5.19 Å². The number of nitrogens with zero attached hydrogens (tertiary/aromatic N) is 3. The van der Waals surface area contributed by atoms with Gasteiger partial charge >= 0.3 is 0 Å². The van der Waals surface area contributed by atoms with E-state index in [1.807, 2.05) is 0 Å². The second-order valence-corrected chi connectivity index (χ2v) is 24.2. The lowest BCUT2D eigenvalue weighted by Gasteiger charge is -2.37. The summed E-state index contributed by atoms with van der Waals surface area (Å²) in [7, 11) is -1.08. The SMILES string of the molecule is C(=C\c1ccc2c3ccc(N(c4ccccc4)c4ccccc4)cc3n(-c3ccccc3)c2c1)/c1ccc2c3ccc(-c4ccc([SiH](C5CCCCC5)C5CCCCC5)cc4)cc3n(-c3ccccc3)c2c1. The Morgan fingerprint density at radius 3 is 1.24 bits per heavy atom. The minimum absolute atomic E-state index is 0.980. The number of aromatic nitrogens is 2. The normalized spacial score (nSPS) is 14.9. The van der Waals surface area contributed by atoms with Crippen molar-refractivity contribution in [1.82, 2.24) is 9.13 Å². The largest absolute Gasteiger partial charge is 0.310 e. The van der Waals surface area contributed by atoms with E-state index < -0.39 is 8.80 Å². The van der Waals surface area contributed by atoms with Crippen LogP contribution in [0.25, 0.3) is 78.3 Å². The van der Waals surface area contributed by atoms with Gasteiger partial charge in [-0.2, -0.15) is 0 Å². The molecule has 2 saturated carbocycles. The van der Waals surface area contributed by atoms with Gasteiger partial charge in [-0.15, -0.1) is 0 Å². The summed E-state index contributed by atoms with van der Waals surface area (Å²) in [4.78, 5) is 2.34. The van der Waals surface area contributed by atoms with E-state index in [1.165, 1.54) is 130 Å². The third-order valence-corrected chi connectivity index (χ3v) is 20.8. The highest BCUT2D eigenvalue weighted by Gasteiger charge is 2.34. The quantitative estimate of drug-likeness (QED) is 0.0930. The van der Waals surface area contributed by atoms with Gasteiger partial charge in [0.2, 0.25) is 0 Å². The highest BCUT2D eigenvalue weighted by Crippen LogP contribution is 2.43. The molecule has 0 unspecified atom stereocenters. The molecule has 0 spiro atoms. The van der Waals surface area contributed by atoms with Crippen molar-refractivity contribution in [3.05, 3.63) is 230 Å². The molecule has 352 valence electrons. The molecule has 11 aromatic rings. The summed E-state index contributed by atoms with van der Waals surface area (Å²) in [6, 6.07) is 81.1. The van der Waals surface area contributed by atoms with Crippen LogP contribution in [0.4, 0.5) is 17.1 Å². The number of anilines is 3. The Balaban J connectivity index is 0.865. The van der Waals surface area contributed by atoms with E-state index in [4.69, 9.17) is 0 Å². The second-order valence-electron chi connectivity index (χ2n) is 20.6. The van der Waals surface area contributed by atoms with E-state index in [2.05, 4.69) is 245 Å². The molecule has 2 fully saturated rings. The number of hydrogen-bond acceptors (Lipinski definition) is 1. The monoisotopic (exact) mass is 947 g/mol. The number of benzene rings is 9.